The van der Waals surface area contributed by atoms with Gasteiger partial charge in [-0.2, -0.15) is 0 Å². The molecule has 0 aliphatic heterocycles. The topological polar surface area (TPSA) is 131 Å². The maximum absolute atomic E-state index is 11.6. The van der Waals surface area contributed by atoms with Crippen LogP contribution in [0, 0.1) is 5.92 Å². The van der Waals surface area contributed by atoms with Gasteiger partial charge in [-0.15, -0.1) is 0 Å². The van der Waals surface area contributed by atoms with E-state index in [0.29, 0.717) is 6.29 Å². The summed E-state index contributed by atoms with van der Waals surface area (Å²) in [5, 5.41) is 17.8. The fourth-order valence-corrected chi connectivity index (χ4v) is 1.63. The number of aldehydes is 1. The lowest BCUT2D eigenvalue weighted by Crippen LogP contribution is -2.32. The van der Waals surface area contributed by atoms with E-state index in [1.807, 2.05) is 0 Å². The third-order valence-corrected chi connectivity index (χ3v) is 3.08. The van der Waals surface area contributed by atoms with Crippen molar-refractivity contribution in [3.05, 3.63) is 23.7 Å². The number of aliphatic hydroxyl groups excluding tert-OH is 1. The predicted octanol–water partition coefficient (Wildman–Crippen LogP) is 0.566. The van der Waals surface area contributed by atoms with Crippen LogP contribution >= 0.6 is 0 Å². The van der Waals surface area contributed by atoms with Crippen LogP contribution in [-0.2, 0) is 25.7 Å². The van der Waals surface area contributed by atoms with Gasteiger partial charge in [0.05, 0.1) is 24.2 Å². The van der Waals surface area contributed by atoms with Gasteiger partial charge in [0.15, 0.2) is 18.2 Å². The fraction of sp³-hybridized carbons (Fsp3) is 0.429. The van der Waals surface area contributed by atoms with Crippen LogP contribution in [0.1, 0.15) is 35.9 Å². The number of furan rings is 1. The second kappa shape index (κ2) is 8.08. The summed E-state index contributed by atoms with van der Waals surface area (Å²) in [5.41, 5.74) is 0.266. The SMILES string of the molecule is CC(C(=O)CCC(=O)OCc1occc1C=O)C(O)C(=O)O. The smallest absolute Gasteiger partial charge is 0.333 e. The van der Waals surface area contributed by atoms with Crippen LogP contribution in [0.2, 0.25) is 0 Å². The van der Waals surface area contributed by atoms with Crippen LogP contribution in [0.25, 0.3) is 0 Å². The Kier molecular flexibility index (Phi) is 6.46. The molecule has 0 amide bonds. The van der Waals surface area contributed by atoms with Crippen LogP contribution < -0.4 is 0 Å². The van der Waals surface area contributed by atoms with Gasteiger partial charge < -0.3 is 19.4 Å². The van der Waals surface area contributed by atoms with E-state index in [-0.39, 0.29) is 30.8 Å². The molecule has 120 valence electrons. The van der Waals surface area contributed by atoms with Crippen molar-refractivity contribution in [1.29, 1.82) is 0 Å². The third kappa shape index (κ3) is 4.81. The number of ketones is 1. The zero-order valence-electron chi connectivity index (χ0n) is 11.9. The van der Waals surface area contributed by atoms with Gasteiger partial charge in [0, 0.05) is 6.42 Å². The number of hydrogen-bond donors (Lipinski definition) is 2. The average Bonchev–Trinajstić information content (AvgIpc) is 2.96. The standard InChI is InChI=1S/C14H16O8/c1-8(13(18)14(19)20)10(16)2-3-12(17)22-7-11-9(6-15)4-5-21-11/h4-6,8,13,18H,2-3,7H2,1H3,(H,19,20). The first-order valence-corrected chi connectivity index (χ1v) is 6.47. The first-order valence-electron chi connectivity index (χ1n) is 6.47. The Morgan fingerprint density at radius 2 is 2.05 bits per heavy atom. The number of rotatable bonds is 9. The lowest BCUT2D eigenvalue weighted by Gasteiger charge is -2.13. The van der Waals surface area contributed by atoms with Gasteiger partial charge >= 0.3 is 11.9 Å². The van der Waals surface area contributed by atoms with E-state index >= 15 is 0 Å². The summed E-state index contributed by atoms with van der Waals surface area (Å²) >= 11 is 0. The van der Waals surface area contributed by atoms with Crippen molar-refractivity contribution in [2.24, 2.45) is 5.92 Å². The largest absolute Gasteiger partial charge is 0.479 e. The normalized spacial score (nSPS) is 13.2. The van der Waals surface area contributed by atoms with E-state index in [1.165, 1.54) is 19.3 Å². The second-order valence-electron chi connectivity index (χ2n) is 4.62. The van der Waals surface area contributed by atoms with Gasteiger partial charge in [0.25, 0.3) is 0 Å². The third-order valence-electron chi connectivity index (χ3n) is 3.08. The highest BCUT2D eigenvalue weighted by molar-refractivity contribution is 5.89. The number of carbonyl (C=O) groups is 4. The monoisotopic (exact) mass is 312 g/mol. The lowest BCUT2D eigenvalue weighted by molar-refractivity contribution is -0.152. The molecule has 2 unspecified atom stereocenters. The molecule has 2 atom stereocenters. The number of carbonyl (C=O) groups excluding carboxylic acids is 3. The molecule has 1 aromatic heterocycles. The van der Waals surface area contributed by atoms with Crippen molar-refractivity contribution < 1.29 is 38.5 Å². The van der Waals surface area contributed by atoms with Crippen molar-refractivity contribution in [3.63, 3.8) is 0 Å². The van der Waals surface area contributed by atoms with E-state index in [4.69, 9.17) is 14.3 Å². The zero-order valence-corrected chi connectivity index (χ0v) is 11.9. The van der Waals surface area contributed by atoms with E-state index in [0.717, 1.165) is 0 Å². The minimum Gasteiger partial charge on any atom is -0.479 e. The van der Waals surface area contributed by atoms with E-state index in [9.17, 15) is 24.3 Å². The molecule has 1 aromatic rings. The predicted molar refractivity (Wildman–Crippen MR) is 70.9 cm³/mol. The average molecular weight is 312 g/mol. The molecule has 8 nitrogen and oxygen atoms in total. The Morgan fingerprint density at radius 1 is 1.36 bits per heavy atom. The summed E-state index contributed by atoms with van der Waals surface area (Å²) in [5.74, 6) is -3.67. The van der Waals surface area contributed by atoms with Crippen molar-refractivity contribution in [2.75, 3.05) is 0 Å². The summed E-state index contributed by atoms with van der Waals surface area (Å²) in [6, 6.07) is 1.43. The minimum absolute atomic E-state index is 0.198. The molecule has 0 bridgehead atoms. The number of esters is 1. The van der Waals surface area contributed by atoms with Crippen molar-refractivity contribution in [1.82, 2.24) is 0 Å². The molecule has 1 heterocycles. The van der Waals surface area contributed by atoms with E-state index < -0.39 is 29.7 Å². The number of carboxylic acid groups (broad SMARTS) is 1. The van der Waals surface area contributed by atoms with Crippen molar-refractivity contribution >= 4 is 24.0 Å². The summed E-state index contributed by atoms with van der Waals surface area (Å²) in [6.45, 7) is 1.03. The number of ether oxygens (including phenoxy) is 1. The van der Waals surface area contributed by atoms with Crippen molar-refractivity contribution in [2.45, 2.75) is 32.5 Å². The minimum atomic E-state index is -1.80. The molecule has 0 aliphatic carbocycles. The van der Waals surface area contributed by atoms with Crippen LogP contribution in [0.15, 0.2) is 16.7 Å². The molecular formula is C14H16O8. The molecule has 0 fully saturated rings. The maximum atomic E-state index is 11.6. The number of aliphatic hydroxyl groups is 1. The van der Waals surface area contributed by atoms with Gasteiger partial charge in [-0.25, -0.2) is 4.79 Å². The summed E-state index contributed by atoms with van der Waals surface area (Å²) in [4.78, 5) is 44.3. The van der Waals surface area contributed by atoms with Gasteiger partial charge in [-0.05, 0) is 6.07 Å². The Morgan fingerprint density at radius 3 is 2.64 bits per heavy atom. The van der Waals surface area contributed by atoms with Gasteiger partial charge in [-0.3, -0.25) is 14.4 Å². The highest BCUT2D eigenvalue weighted by atomic mass is 16.5. The highest BCUT2D eigenvalue weighted by Crippen LogP contribution is 2.12. The summed E-state index contributed by atoms with van der Waals surface area (Å²) < 4.78 is 9.80. The number of hydrogen-bond acceptors (Lipinski definition) is 7. The Hall–Kier alpha value is -2.48. The molecule has 0 aromatic carbocycles. The number of carboxylic acids is 1. The molecule has 0 radical (unpaired) electrons. The van der Waals surface area contributed by atoms with Crippen LogP contribution in [-0.4, -0.2) is 40.3 Å². The van der Waals surface area contributed by atoms with Crippen LogP contribution in [0.4, 0.5) is 0 Å². The quantitative estimate of drug-likeness (QED) is 0.499. The number of Topliss-reactive ketones (excluding diaryl/α,β-unsaturated/α-hetero) is 1. The van der Waals surface area contributed by atoms with Crippen LogP contribution in [0.5, 0.6) is 0 Å². The van der Waals surface area contributed by atoms with Crippen molar-refractivity contribution in [3.8, 4) is 0 Å². The van der Waals surface area contributed by atoms with E-state index in [2.05, 4.69) is 0 Å². The fourth-order valence-electron chi connectivity index (χ4n) is 1.63. The molecule has 0 saturated heterocycles. The zero-order chi connectivity index (χ0) is 16.7. The first-order chi connectivity index (χ1) is 10.4. The lowest BCUT2D eigenvalue weighted by atomic mass is 9.96. The molecular weight excluding hydrogens is 296 g/mol. The molecule has 0 aliphatic rings. The molecule has 22 heavy (non-hydrogen) atoms. The van der Waals surface area contributed by atoms with Gasteiger partial charge in [-0.1, -0.05) is 6.92 Å². The summed E-state index contributed by atoms with van der Waals surface area (Å²) in [6.07, 6.45) is -0.464. The Bertz CT molecular complexity index is 559. The van der Waals surface area contributed by atoms with Crippen LogP contribution in [0.3, 0.4) is 0 Å². The van der Waals surface area contributed by atoms with E-state index in [1.54, 1.807) is 0 Å². The molecule has 0 saturated carbocycles. The molecule has 8 heteroatoms. The summed E-state index contributed by atoms with van der Waals surface area (Å²) in [7, 11) is 0. The Labute approximate surface area is 125 Å². The highest BCUT2D eigenvalue weighted by Gasteiger charge is 2.27. The first kappa shape index (κ1) is 17.6. The molecule has 0 spiro atoms. The maximum Gasteiger partial charge on any atom is 0.333 e. The van der Waals surface area contributed by atoms with Gasteiger partial charge in [0.1, 0.15) is 12.4 Å². The van der Waals surface area contributed by atoms with Gasteiger partial charge in [0.2, 0.25) is 0 Å². The Balaban J connectivity index is 2.38. The number of aliphatic carboxylic acids is 1. The molecule has 1 rings (SSSR count). The second-order valence-corrected chi connectivity index (χ2v) is 4.62. The molecule has 2 N–H and O–H groups in total.